The van der Waals surface area contributed by atoms with Crippen molar-refractivity contribution in [3.05, 3.63) is 59.9 Å². The maximum absolute atomic E-state index is 12.9. The van der Waals surface area contributed by atoms with Gasteiger partial charge in [0, 0.05) is 19.3 Å². The van der Waals surface area contributed by atoms with Crippen LogP contribution in [-0.4, -0.2) is 45.9 Å². The first-order chi connectivity index (χ1) is 13.5. The second kappa shape index (κ2) is 8.62. The first-order valence-electron chi connectivity index (χ1n) is 9.02. The molecule has 1 aromatic carbocycles. The molecule has 1 fully saturated rings. The zero-order chi connectivity index (χ0) is 20.1. The normalized spacial score (nSPS) is 19.1. The number of nitrogens with one attached hydrogen (secondary N) is 1. The van der Waals surface area contributed by atoms with Crippen molar-refractivity contribution in [2.75, 3.05) is 18.5 Å². The summed E-state index contributed by atoms with van der Waals surface area (Å²) in [5, 5.41) is 12.0. The fraction of sp³-hybridized carbons (Fsp3) is 0.300. The molecule has 28 heavy (non-hydrogen) atoms. The number of nitrogens with two attached hydrogens (primary N) is 1. The predicted molar refractivity (Wildman–Crippen MR) is 102 cm³/mol. The van der Waals surface area contributed by atoms with E-state index >= 15 is 0 Å². The molecular weight excluding hydrogens is 360 g/mol. The number of primary amides is 1. The molecule has 8 heteroatoms. The summed E-state index contributed by atoms with van der Waals surface area (Å²) in [6.07, 6.45) is 4.04. The maximum atomic E-state index is 12.9. The van der Waals surface area contributed by atoms with Crippen molar-refractivity contribution in [1.82, 2.24) is 9.88 Å². The van der Waals surface area contributed by atoms with E-state index in [1.165, 1.54) is 23.4 Å². The molecule has 0 bridgehead atoms. The minimum absolute atomic E-state index is 0.0442. The van der Waals surface area contributed by atoms with Gasteiger partial charge in [-0.2, -0.15) is 0 Å². The van der Waals surface area contributed by atoms with E-state index in [1.807, 2.05) is 30.3 Å². The van der Waals surface area contributed by atoms with Crippen LogP contribution in [0.25, 0.3) is 0 Å². The molecule has 0 aliphatic carbocycles. The summed E-state index contributed by atoms with van der Waals surface area (Å²) >= 11 is 0. The van der Waals surface area contributed by atoms with Crippen LogP contribution < -0.4 is 11.1 Å². The van der Waals surface area contributed by atoms with Gasteiger partial charge in [-0.3, -0.25) is 19.4 Å². The number of benzene rings is 1. The molecule has 1 saturated heterocycles. The Kier molecular flexibility index (Phi) is 6.00. The first kappa shape index (κ1) is 19.5. The van der Waals surface area contributed by atoms with Gasteiger partial charge in [-0.05, 0) is 30.4 Å². The lowest BCUT2D eigenvalue weighted by molar-refractivity contribution is -0.147. The topological polar surface area (TPSA) is 126 Å². The number of nitrogens with zero attached hydrogens (tertiary/aromatic N) is 2. The third-order valence-corrected chi connectivity index (χ3v) is 4.86. The van der Waals surface area contributed by atoms with Crippen LogP contribution in [0.5, 0.6) is 0 Å². The molecule has 2 unspecified atom stereocenters. The molecule has 0 radical (unpaired) electrons. The number of aliphatic hydroxyl groups is 1. The number of amides is 3. The SMILES string of the molecule is NC(=O)c1cncc(NC(=O)C(=O)N2CC(CO)CCC2c2ccccc2)c1. The monoisotopic (exact) mass is 382 g/mol. The number of carbonyl (C=O) groups is 3. The van der Waals surface area contributed by atoms with Crippen LogP contribution in [0, 0.1) is 5.92 Å². The highest BCUT2D eigenvalue weighted by molar-refractivity contribution is 6.39. The second-order valence-electron chi connectivity index (χ2n) is 6.79. The highest BCUT2D eigenvalue weighted by Crippen LogP contribution is 2.33. The van der Waals surface area contributed by atoms with E-state index in [4.69, 9.17) is 5.73 Å². The van der Waals surface area contributed by atoms with E-state index in [2.05, 4.69) is 10.3 Å². The van der Waals surface area contributed by atoms with Gasteiger partial charge >= 0.3 is 11.8 Å². The molecule has 8 nitrogen and oxygen atoms in total. The molecule has 1 aliphatic rings. The van der Waals surface area contributed by atoms with Crippen LogP contribution in [0.3, 0.4) is 0 Å². The molecule has 146 valence electrons. The smallest absolute Gasteiger partial charge is 0.313 e. The van der Waals surface area contributed by atoms with Crippen LogP contribution in [0.2, 0.25) is 0 Å². The fourth-order valence-corrected chi connectivity index (χ4v) is 3.40. The lowest BCUT2D eigenvalue weighted by Gasteiger charge is -2.39. The number of hydrogen-bond acceptors (Lipinski definition) is 5. The highest BCUT2D eigenvalue weighted by Gasteiger charge is 2.35. The van der Waals surface area contributed by atoms with Crippen molar-refractivity contribution in [2.45, 2.75) is 18.9 Å². The van der Waals surface area contributed by atoms with Crippen molar-refractivity contribution >= 4 is 23.4 Å². The Labute approximate surface area is 162 Å². The Hall–Kier alpha value is -3.26. The molecular formula is C20H22N4O4. The number of pyridine rings is 1. The summed E-state index contributed by atoms with van der Waals surface area (Å²) in [7, 11) is 0. The molecule has 4 N–H and O–H groups in total. The summed E-state index contributed by atoms with van der Waals surface area (Å²) in [4.78, 5) is 42.0. The van der Waals surface area contributed by atoms with Crippen LogP contribution in [0.15, 0.2) is 48.8 Å². The molecule has 0 saturated carbocycles. The molecule has 1 aliphatic heterocycles. The van der Waals surface area contributed by atoms with Crippen molar-refractivity contribution in [1.29, 1.82) is 0 Å². The zero-order valence-electron chi connectivity index (χ0n) is 15.2. The van der Waals surface area contributed by atoms with Crippen molar-refractivity contribution in [3.8, 4) is 0 Å². The average Bonchev–Trinajstić information content (AvgIpc) is 2.73. The van der Waals surface area contributed by atoms with Crippen LogP contribution >= 0.6 is 0 Å². The van der Waals surface area contributed by atoms with Gasteiger partial charge in [0.05, 0.1) is 23.5 Å². The standard InChI is InChI=1S/C20H22N4O4/c21-18(26)15-8-16(10-22-9-15)23-19(27)20(28)24-11-13(12-25)6-7-17(24)14-4-2-1-3-5-14/h1-5,8-10,13,17,25H,6-7,11-12H2,(H2,21,26)(H,23,27). The van der Waals surface area contributed by atoms with E-state index in [1.54, 1.807) is 0 Å². The molecule has 2 atom stereocenters. The Morgan fingerprint density at radius 3 is 2.61 bits per heavy atom. The number of carbonyl (C=O) groups excluding carboxylic acids is 3. The third-order valence-electron chi connectivity index (χ3n) is 4.86. The van der Waals surface area contributed by atoms with E-state index in [-0.39, 0.29) is 29.8 Å². The Morgan fingerprint density at radius 1 is 1.18 bits per heavy atom. The van der Waals surface area contributed by atoms with E-state index < -0.39 is 17.7 Å². The zero-order valence-corrected chi connectivity index (χ0v) is 15.2. The summed E-state index contributed by atoms with van der Waals surface area (Å²) in [6.45, 7) is 0.249. The third kappa shape index (κ3) is 4.34. The summed E-state index contributed by atoms with van der Waals surface area (Å²) in [6, 6.07) is 10.6. The van der Waals surface area contributed by atoms with Crippen LogP contribution in [-0.2, 0) is 9.59 Å². The molecule has 3 rings (SSSR count). The van der Waals surface area contributed by atoms with E-state index in [0.29, 0.717) is 13.0 Å². The summed E-state index contributed by atoms with van der Waals surface area (Å²) in [5.41, 5.74) is 6.50. The lowest BCUT2D eigenvalue weighted by Crippen LogP contribution is -2.47. The van der Waals surface area contributed by atoms with Gasteiger partial charge in [0.25, 0.3) is 0 Å². The van der Waals surface area contributed by atoms with Gasteiger partial charge in [0.2, 0.25) is 5.91 Å². The number of hydrogen-bond donors (Lipinski definition) is 3. The lowest BCUT2D eigenvalue weighted by atomic mass is 9.89. The fourth-order valence-electron chi connectivity index (χ4n) is 3.40. The number of piperidine rings is 1. The van der Waals surface area contributed by atoms with Gasteiger partial charge in [-0.15, -0.1) is 0 Å². The second-order valence-corrected chi connectivity index (χ2v) is 6.79. The summed E-state index contributed by atoms with van der Waals surface area (Å²) < 4.78 is 0. The number of anilines is 1. The van der Waals surface area contributed by atoms with E-state index in [9.17, 15) is 19.5 Å². The van der Waals surface area contributed by atoms with Gasteiger partial charge in [0.15, 0.2) is 0 Å². The van der Waals surface area contributed by atoms with Crippen molar-refractivity contribution in [2.24, 2.45) is 11.7 Å². The van der Waals surface area contributed by atoms with Crippen molar-refractivity contribution < 1.29 is 19.5 Å². The van der Waals surface area contributed by atoms with Crippen LogP contribution in [0.4, 0.5) is 5.69 Å². The number of likely N-dealkylation sites (tertiary alicyclic amines) is 1. The largest absolute Gasteiger partial charge is 0.396 e. The minimum Gasteiger partial charge on any atom is -0.396 e. The van der Waals surface area contributed by atoms with Crippen LogP contribution in [0.1, 0.15) is 34.8 Å². The molecule has 3 amide bonds. The number of aromatic nitrogens is 1. The molecule has 2 aromatic rings. The van der Waals surface area contributed by atoms with Gasteiger partial charge in [0.1, 0.15) is 0 Å². The maximum Gasteiger partial charge on any atom is 0.313 e. The molecule has 2 heterocycles. The predicted octanol–water partition coefficient (Wildman–Crippen LogP) is 1.09. The Morgan fingerprint density at radius 2 is 1.93 bits per heavy atom. The summed E-state index contributed by atoms with van der Waals surface area (Å²) in [5.74, 6) is -2.28. The highest BCUT2D eigenvalue weighted by atomic mass is 16.3. The minimum atomic E-state index is -0.831. The molecule has 1 aromatic heterocycles. The van der Waals surface area contributed by atoms with E-state index in [0.717, 1.165) is 12.0 Å². The number of rotatable bonds is 4. The average molecular weight is 382 g/mol. The Bertz CT molecular complexity index is 872. The molecule has 0 spiro atoms. The van der Waals surface area contributed by atoms with Gasteiger partial charge in [-0.25, -0.2) is 0 Å². The number of aliphatic hydroxyl groups excluding tert-OH is 1. The Balaban J connectivity index is 1.79. The van der Waals surface area contributed by atoms with Crippen molar-refractivity contribution in [3.63, 3.8) is 0 Å². The quantitative estimate of drug-likeness (QED) is 0.683. The van der Waals surface area contributed by atoms with Gasteiger partial charge < -0.3 is 21.1 Å². The first-order valence-corrected chi connectivity index (χ1v) is 9.02. The van der Waals surface area contributed by atoms with Gasteiger partial charge in [-0.1, -0.05) is 30.3 Å².